The molecule has 0 saturated heterocycles. The highest BCUT2D eigenvalue weighted by atomic mass is 16.5. The summed E-state index contributed by atoms with van der Waals surface area (Å²) in [7, 11) is 1.55. The molecule has 1 N–H and O–H groups in total. The molecule has 1 saturated carbocycles. The van der Waals surface area contributed by atoms with Gasteiger partial charge in [0.1, 0.15) is 17.4 Å². The average molecular weight is 296 g/mol. The Bertz CT molecular complexity index is 919. The lowest BCUT2D eigenvalue weighted by Gasteiger charge is -2.10. The Morgan fingerprint density at radius 1 is 1.18 bits per heavy atom. The first kappa shape index (κ1) is 12.8. The summed E-state index contributed by atoms with van der Waals surface area (Å²) in [4.78, 5) is 35.3. The van der Waals surface area contributed by atoms with Gasteiger partial charge in [0.2, 0.25) is 5.88 Å². The summed E-state index contributed by atoms with van der Waals surface area (Å²) in [5, 5.41) is 0. The maximum absolute atomic E-state index is 11.4. The lowest BCUT2D eigenvalue weighted by molar-refractivity contribution is 0.397. The molecule has 1 aliphatic rings. The Balaban J connectivity index is 1.96. The number of ether oxygens (including phenoxy) is 1. The fourth-order valence-electron chi connectivity index (χ4n) is 2.37. The minimum Gasteiger partial charge on any atom is -0.480 e. The van der Waals surface area contributed by atoms with Crippen molar-refractivity contribution in [3.05, 3.63) is 34.8 Å². The van der Waals surface area contributed by atoms with E-state index in [1.54, 1.807) is 13.3 Å². The van der Waals surface area contributed by atoms with E-state index in [9.17, 15) is 4.79 Å². The first-order chi connectivity index (χ1) is 10.8. The van der Waals surface area contributed by atoms with Crippen LogP contribution in [-0.4, -0.2) is 37.0 Å². The fourth-order valence-corrected chi connectivity index (χ4v) is 2.37. The maximum atomic E-state index is 11.4. The lowest BCUT2D eigenvalue weighted by atomic mass is 10.1. The molecule has 4 rings (SSSR count). The van der Waals surface area contributed by atoms with Crippen molar-refractivity contribution in [1.82, 2.24) is 29.9 Å². The maximum Gasteiger partial charge on any atom is 0.268 e. The van der Waals surface area contributed by atoms with Gasteiger partial charge in [-0.25, -0.2) is 24.9 Å². The van der Waals surface area contributed by atoms with Gasteiger partial charge < -0.3 is 9.72 Å². The Morgan fingerprint density at radius 2 is 2.05 bits per heavy atom. The highest BCUT2D eigenvalue weighted by Crippen LogP contribution is 2.44. The van der Waals surface area contributed by atoms with E-state index in [2.05, 4.69) is 29.9 Å². The lowest BCUT2D eigenvalue weighted by Crippen LogP contribution is -2.08. The number of nitrogens with zero attached hydrogens (tertiary/aromatic N) is 5. The summed E-state index contributed by atoms with van der Waals surface area (Å²) in [6.45, 7) is 0. The molecule has 1 fully saturated rings. The van der Waals surface area contributed by atoms with Crippen molar-refractivity contribution in [2.24, 2.45) is 0 Å². The minimum absolute atomic E-state index is 0.309. The van der Waals surface area contributed by atoms with Crippen LogP contribution >= 0.6 is 0 Å². The Labute approximate surface area is 124 Å². The summed E-state index contributed by atoms with van der Waals surface area (Å²) >= 11 is 0. The summed E-state index contributed by atoms with van der Waals surface area (Å²) in [6.07, 6.45) is 6.42. The second-order valence-corrected chi connectivity index (χ2v) is 5.09. The number of H-pyrrole nitrogens is 1. The molecule has 0 aromatic carbocycles. The zero-order valence-corrected chi connectivity index (χ0v) is 11.8. The summed E-state index contributed by atoms with van der Waals surface area (Å²) < 4.78 is 5.34. The van der Waals surface area contributed by atoms with E-state index in [1.165, 1.54) is 12.5 Å². The largest absolute Gasteiger partial charge is 0.480 e. The van der Waals surface area contributed by atoms with Crippen LogP contribution in [0.2, 0.25) is 0 Å². The second-order valence-electron chi connectivity index (χ2n) is 5.09. The number of nitrogens with one attached hydrogen (secondary N) is 1. The summed E-state index contributed by atoms with van der Waals surface area (Å²) in [5.41, 5.74) is 2.16. The predicted molar refractivity (Wildman–Crippen MR) is 77.5 cm³/mol. The third kappa shape index (κ3) is 2.09. The molecule has 0 unspecified atom stereocenters. The Hall–Kier alpha value is -2.90. The SMILES string of the molecule is COc1ncnc(C2CC2)c1-c1ncc2ncc(=O)[nH]c2n1. The molecule has 110 valence electrons. The molecule has 3 aromatic rings. The third-order valence-corrected chi connectivity index (χ3v) is 3.55. The first-order valence-corrected chi connectivity index (χ1v) is 6.87. The van der Waals surface area contributed by atoms with Gasteiger partial charge in [0, 0.05) is 5.92 Å². The van der Waals surface area contributed by atoms with Gasteiger partial charge in [0.05, 0.1) is 25.2 Å². The van der Waals surface area contributed by atoms with Crippen molar-refractivity contribution >= 4 is 11.2 Å². The molecule has 22 heavy (non-hydrogen) atoms. The predicted octanol–water partition coefficient (Wildman–Crippen LogP) is 1.06. The second kappa shape index (κ2) is 4.83. The van der Waals surface area contributed by atoms with Gasteiger partial charge in [-0.15, -0.1) is 0 Å². The van der Waals surface area contributed by atoms with Crippen molar-refractivity contribution in [1.29, 1.82) is 0 Å². The molecular formula is C14H12N6O2. The fraction of sp³-hybridized carbons (Fsp3) is 0.286. The first-order valence-electron chi connectivity index (χ1n) is 6.87. The standard InChI is InChI=1S/C14H12N6O2/c1-22-14-10(11(7-2-3-7)17-6-18-14)13-16-4-8-12(20-13)19-9(21)5-15-8/h4-7H,2-3H2,1H3,(H,16,19,20,21). The van der Waals surface area contributed by atoms with Crippen LogP contribution in [0.4, 0.5) is 0 Å². The molecule has 0 atom stereocenters. The van der Waals surface area contributed by atoms with Crippen LogP contribution in [0, 0.1) is 0 Å². The van der Waals surface area contributed by atoms with Crippen LogP contribution in [0.5, 0.6) is 5.88 Å². The molecule has 0 amide bonds. The molecule has 0 radical (unpaired) electrons. The van der Waals surface area contributed by atoms with E-state index >= 15 is 0 Å². The van der Waals surface area contributed by atoms with E-state index in [-0.39, 0.29) is 5.56 Å². The number of fused-ring (bicyclic) bond motifs is 1. The van der Waals surface area contributed by atoms with Gasteiger partial charge in [0.25, 0.3) is 5.56 Å². The third-order valence-electron chi connectivity index (χ3n) is 3.55. The molecule has 0 spiro atoms. The van der Waals surface area contributed by atoms with Crippen molar-refractivity contribution in [2.75, 3.05) is 7.11 Å². The smallest absolute Gasteiger partial charge is 0.268 e. The van der Waals surface area contributed by atoms with Gasteiger partial charge in [0.15, 0.2) is 11.5 Å². The summed E-state index contributed by atoms with van der Waals surface area (Å²) in [6, 6.07) is 0. The zero-order chi connectivity index (χ0) is 15.1. The summed E-state index contributed by atoms with van der Waals surface area (Å²) in [5.74, 6) is 1.25. The number of rotatable bonds is 3. The van der Waals surface area contributed by atoms with E-state index in [4.69, 9.17) is 4.74 Å². The monoisotopic (exact) mass is 296 g/mol. The normalized spacial score (nSPS) is 14.2. The van der Waals surface area contributed by atoms with Crippen molar-refractivity contribution in [3.63, 3.8) is 0 Å². The van der Waals surface area contributed by atoms with Crippen LogP contribution in [-0.2, 0) is 0 Å². The quantitative estimate of drug-likeness (QED) is 0.770. The van der Waals surface area contributed by atoms with Crippen molar-refractivity contribution in [2.45, 2.75) is 18.8 Å². The average Bonchev–Trinajstić information content (AvgIpc) is 3.38. The number of hydrogen-bond acceptors (Lipinski definition) is 7. The molecule has 8 nitrogen and oxygen atoms in total. The van der Waals surface area contributed by atoms with Gasteiger partial charge in [-0.3, -0.25) is 4.79 Å². The van der Waals surface area contributed by atoms with Crippen LogP contribution in [0.15, 0.2) is 23.5 Å². The molecule has 8 heteroatoms. The van der Waals surface area contributed by atoms with Crippen LogP contribution in [0.1, 0.15) is 24.5 Å². The zero-order valence-electron chi connectivity index (χ0n) is 11.8. The van der Waals surface area contributed by atoms with Crippen molar-refractivity contribution in [3.8, 4) is 17.3 Å². The van der Waals surface area contributed by atoms with Crippen LogP contribution in [0.3, 0.4) is 0 Å². The van der Waals surface area contributed by atoms with Crippen LogP contribution in [0.25, 0.3) is 22.6 Å². The molecule has 0 bridgehead atoms. The number of hydrogen-bond donors (Lipinski definition) is 1. The van der Waals surface area contributed by atoms with Gasteiger partial charge in [-0.1, -0.05) is 0 Å². The van der Waals surface area contributed by atoms with Gasteiger partial charge in [-0.2, -0.15) is 0 Å². The molecule has 3 heterocycles. The van der Waals surface area contributed by atoms with Gasteiger partial charge >= 0.3 is 0 Å². The van der Waals surface area contributed by atoms with E-state index in [0.717, 1.165) is 18.5 Å². The van der Waals surface area contributed by atoms with E-state index in [0.29, 0.717) is 34.3 Å². The molecular weight excluding hydrogens is 284 g/mol. The van der Waals surface area contributed by atoms with E-state index < -0.39 is 0 Å². The Kier molecular flexibility index (Phi) is 2.81. The molecule has 1 aliphatic carbocycles. The Morgan fingerprint density at radius 3 is 2.82 bits per heavy atom. The van der Waals surface area contributed by atoms with Crippen LogP contribution < -0.4 is 10.3 Å². The highest BCUT2D eigenvalue weighted by molar-refractivity contribution is 5.73. The molecule has 0 aliphatic heterocycles. The number of aromatic amines is 1. The minimum atomic E-state index is -0.309. The number of methoxy groups -OCH3 is 1. The highest BCUT2D eigenvalue weighted by Gasteiger charge is 2.31. The number of aromatic nitrogens is 6. The van der Waals surface area contributed by atoms with Crippen molar-refractivity contribution < 1.29 is 4.74 Å². The topological polar surface area (TPSA) is 107 Å². The van der Waals surface area contributed by atoms with E-state index in [1.807, 2.05) is 0 Å². The molecule has 3 aromatic heterocycles. The van der Waals surface area contributed by atoms with Gasteiger partial charge in [-0.05, 0) is 12.8 Å².